The van der Waals surface area contributed by atoms with Crippen molar-refractivity contribution in [3.63, 3.8) is 0 Å². The SMILES string of the molecule is CC.CCCCCCNCCN(CCCN)C(CN)CC(C)=C(C)C.CNC(O)O. The minimum atomic E-state index is -1.37. The van der Waals surface area contributed by atoms with Crippen LogP contribution in [-0.4, -0.2) is 73.9 Å². The molecular weight excluding hydrogens is 378 g/mol. The van der Waals surface area contributed by atoms with Gasteiger partial charge in [-0.25, -0.2) is 0 Å². The lowest BCUT2D eigenvalue weighted by molar-refractivity contribution is -0.0600. The molecule has 0 aliphatic carbocycles. The number of rotatable bonds is 16. The molecule has 0 spiro atoms. The molecule has 0 bridgehead atoms. The topological polar surface area (TPSA) is 120 Å². The first-order chi connectivity index (χ1) is 14.3. The van der Waals surface area contributed by atoms with Gasteiger partial charge in [-0.05, 0) is 66.7 Å². The molecule has 1 atom stereocenters. The number of unbranched alkanes of at least 4 members (excludes halogenated alkanes) is 3. The van der Waals surface area contributed by atoms with Gasteiger partial charge in [0.1, 0.15) is 0 Å². The van der Waals surface area contributed by atoms with Crippen LogP contribution in [0.1, 0.15) is 80.1 Å². The third-order valence-corrected chi connectivity index (χ3v) is 4.87. The Kier molecular flexibility index (Phi) is 30.1. The van der Waals surface area contributed by atoms with E-state index in [2.05, 4.69) is 43.2 Å². The first-order valence-corrected chi connectivity index (χ1v) is 11.8. The Hall–Kier alpha value is -0.540. The highest BCUT2D eigenvalue weighted by Gasteiger charge is 2.17. The van der Waals surface area contributed by atoms with Gasteiger partial charge in [-0.3, -0.25) is 10.2 Å². The molecule has 8 N–H and O–H groups in total. The summed E-state index contributed by atoms with van der Waals surface area (Å²) in [6, 6.07) is 0.429. The molecule has 0 heterocycles. The van der Waals surface area contributed by atoms with E-state index in [1.165, 1.54) is 43.9 Å². The summed E-state index contributed by atoms with van der Waals surface area (Å²) in [6.45, 7) is 18.6. The predicted molar refractivity (Wildman–Crippen MR) is 132 cm³/mol. The lowest BCUT2D eigenvalue weighted by Crippen LogP contribution is -2.45. The highest BCUT2D eigenvalue weighted by Crippen LogP contribution is 2.14. The van der Waals surface area contributed by atoms with Gasteiger partial charge < -0.3 is 27.0 Å². The van der Waals surface area contributed by atoms with Crippen molar-refractivity contribution in [2.45, 2.75) is 92.5 Å². The Labute approximate surface area is 187 Å². The van der Waals surface area contributed by atoms with E-state index in [1.807, 2.05) is 13.8 Å². The van der Waals surface area contributed by atoms with E-state index in [0.29, 0.717) is 12.6 Å². The van der Waals surface area contributed by atoms with Gasteiger partial charge in [0.25, 0.3) is 0 Å². The van der Waals surface area contributed by atoms with Crippen LogP contribution in [0.15, 0.2) is 11.1 Å². The van der Waals surface area contributed by atoms with Crippen LogP contribution < -0.4 is 22.1 Å². The number of hydrogen-bond acceptors (Lipinski definition) is 7. The van der Waals surface area contributed by atoms with Crippen molar-refractivity contribution in [3.8, 4) is 0 Å². The van der Waals surface area contributed by atoms with Crippen LogP contribution in [0.25, 0.3) is 0 Å². The molecule has 0 fully saturated rings. The van der Waals surface area contributed by atoms with Gasteiger partial charge in [0.2, 0.25) is 6.41 Å². The summed E-state index contributed by atoms with van der Waals surface area (Å²) in [7, 11) is 1.45. The second-order valence-corrected chi connectivity index (χ2v) is 7.53. The summed E-state index contributed by atoms with van der Waals surface area (Å²) < 4.78 is 0. The Morgan fingerprint density at radius 1 is 0.933 bits per heavy atom. The maximum absolute atomic E-state index is 7.81. The Morgan fingerprint density at radius 2 is 1.53 bits per heavy atom. The van der Waals surface area contributed by atoms with Gasteiger partial charge in [0.05, 0.1) is 0 Å². The van der Waals surface area contributed by atoms with Crippen molar-refractivity contribution in [1.82, 2.24) is 15.5 Å². The molecule has 1 unspecified atom stereocenters. The molecule has 0 amide bonds. The molecule has 0 saturated heterocycles. The summed E-state index contributed by atoms with van der Waals surface area (Å²) in [5, 5.41) is 21.3. The Bertz CT molecular complexity index is 362. The predicted octanol–water partition coefficient (Wildman–Crippen LogP) is 2.38. The van der Waals surface area contributed by atoms with Gasteiger partial charge in [0, 0.05) is 25.7 Å². The van der Waals surface area contributed by atoms with Crippen LogP contribution in [0.4, 0.5) is 0 Å². The van der Waals surface area contributed by atoms with E-state index >= 15 is 0 Å². The number of allylic oxidation sites excluding steroid dienone is 1. The highest BCUT2D eigenvalue weighted by atomic mass is 16.5. The molecule has 7 heteroatoms. The van der Waals surface area contributed by atoms with E-state index in [1.54, 1.807) is 0 Å². The zero-order chi connectivity index (χ0) is 23.8. The molecule has 0 saturated carbocycles. The number of aliphatic hydroxyl groups excluding tert-OH is 1. The van der Waals surface area contributed by atoms with Crippen molar-refractivity contribution in [1.29, 1.82) is 0 Å². The maximum atomic E-state index is 7.81. The summed E-state index contributed by atoms with van der Waals surface area (Å²) in [4.78, 5) is 2.53. The zero-order valence-corrected chi connectivity index (χ0v) is 21.1. The Balaban J connectivity index is -0.000000901. The van der Waals surface area contributed by atoms with E-state index < -0.39 is 6.41 Å². The molecule has 0 aromatic rings. The van der Waals surface area contributed by atoms with Crippen LogP contribution >= 0.6 is 0 Å². The smallest absolute Gasteiger partial charge is 0.210 e. The van der Waals surface area contributed by atoms with E-state index in [4.69, 9.17) is 21.7 Å². The lowest BCUT2D eigenvalue weighted by Gasteiger charge is -2.31. The molecule has 0 aliphatic rings. The quantitative estimate of drug-likeness (QED) is 0.126. The second-order valence-electron chi connectivity index (χ2n) is 7.53. The van der Waals surface area contributed by atoms with Crippen LogP contribution in [-0.2, 0) is 0 Å². The third kappa shape index (κ3) is 23.7. The number of hydrogen-bond donors (Lipinski definition) is 6. The van der Waals surface area contributed by atoms with Gasteiger partial charge in [-0.1, -0.05) is 51.2 Å². The van der Waals surface area contributed by atoms with Crippen LogP contribution in [0.5, 0.6) is 0 Å². The van der Waals surface area contributed by atoms with Crippen molar-refractivity contribution in [2.24, 2.45) is 11.5 Å². The monoisotopic (exact) mass is 433 g/mol. The molecule has 7 nitrogen and oxygen atoms in total. The summed E-state index contributed by atoms with van der Waals surface area (Å²) in [5.74, 6) is 0. The average Bonchev–Trinajstić information content (AvgIpc) is 2.75. The number of nitrogens with two attached hydrogens (primary N) is 2. The van der Waals surface area contributed by atoms with Crippen molar-refractivity contribution < 1.29 is 10.2 Å². The van der Waals surface area contributed by atoms with Crippen molar-refractivity contribution >= 4 is 0 Å². The van der Waals surface area contributed by atoms with Gasteiger partial charge in [-0.2, -0.15) is 0 Å². The largest absolute Gasteiger partial charge is 0.356 e. The van der Waals surface area contributed by atoms with E-state index in [0.717, 1.165) is 45.6 Å². The van der Waals surface area contributed by atoms with Gasteiger partial charge in [-0.15, -0.1) is 0 Å². The number of nitrogens with zero attached hydrogens (tertiary/aromatic N) is 1. The Morgan fingerprint density at radius 3 is 1.97 bits per heavy atom. The number of nitrogens with one attached hydrogen (secondary N) is 2. The summed E-state index contributed by atoms with van der Waals surface area (Å²) in [6.07, 6.45) is 6.02. The maximum Gasteiger partial charge on any atom is 0.210 e. The van der Waals surface area contributed by atoms with Gasteiger partial charge >= 0.3 is 0 Å². The molecule has 184 valence electrons. The molecule has 0 rings (SSSR count). The van der Waals surface area contributed by atoms with Crippen molar-refractivity contribution in [2.75, 3.05) is 46.3 Å². The summed E-state index contributed by atoms with van der Waals surface area (Å²) in [5.41, 5.74) is 14.6. The van der Waals surface area contributed by atoms with Crippen LogP contribution in [0, 0.1) is 0 Å². The lowest BCUT2D eigenvalue weighted by atomic mass is 10.0. The standard InChI is InChI=1S/C19H42N4.C2H7NO2.C2H6/c1-5-6-7-8-11-22-12-14-23(13-9-10-20)19(16-21)15-18(4)17(2)3;1-3-2(4)5;1-2/h19,22H,5-16,20-21H2,1-4H3;2-5H,1H3;1-2H3. The average molecular weight is 434 g/mol. The van der Waals surface area contributed by atoms with Crippen LogP contribution in [0.2, 0.25) is 0 Å². The van der Waals surface area contributed by atoms with E-state index in [9.17, 15) is 0 Å². The fourth-order valence-electron chi connectivity index (χ4n) is 2.71. The fraction of sp³-hybridized carbons (Fsp3) is 0.913. The molecule has 30 heavy (non-hydrogen) atoms. The molecular formula is C23H55N5O2. The highest BCUT2D eigenvalue weighted by molar-refractivity contribution is 5.08. The number of aliphatic hydroxyl groups is 2. The zero-order valence-electron chi connectivity index (χ0n) is 21.1. The summed E-state index contributed by atoms with van der Waals surface area (Å²) >= 11 is 0. The first-order valence-electron chi connectivity index (χ1n) is 11.8. The second kappa shape index (κ2) is 26.5. The first kappa shape index (κ1) is 34.1. The van der Waals surface area contributed by atoms with Crippen LogP contribution in [0.3, 0.4) is 0 Å². The molecule has 0 aromatic carbocycles. The van der Waals surface area contributed by atoms with E-state index in [-0.39, 0.29) is 0 Å². The third-order valence-electron chi connectivity index (χ3n) is 4.87. The molecule has 0 aromatic heterocycles. The molecule has 0 aliphatic heterocycles. The molecule has 0 radical (unpaired) electrons. The minimum absolute atomic E-state index is 0.429. The van der Waals surface area contributed by atoms with Gasteiger partial charge in [0.15, 0.2) is 0 Å². The normalized spacial score (nSPS) is 11.5. The fourth-order valence-corrected chi connectivity index (χ4v) is 2.71. The van der Waals surface area contributed by atoms with Crippen molar-refractivity contribution in [3.05, 3.63) is 11.1 Å². The minimum Gasteiger partial charge on any atom is -0.356 e.